The molecule has 1 saturated heterocycles. The van der Waals surface area contributed by atoms with Gasteiger partial charge in [-0.25, -0.2) is 0 Å². The Bertz CT molecular complexity index is 821. The fourth-order valence-electron chi connectivity index (χ4n) is 3.25. The summed E-state index contributed by atoms with van der Waals surface area (Å²) in [5, 5.41) is 0. The van der Waals surface area contributed by atoms with E-state index in [0.29, 0.717) is 18.6 Å². The molecule has 0 aliphatic carbocycles. The molecule has 0 aromatic heterocycles. The van der Waals surface area contributed by atoms with Crippen molar-refractivity contribution in [3.8, 4) is 0 Å². The fourth-order valence-corrected chi connectivity index (χ4v) is 3.97. The lowest BCUT2D eigenvalue weighted by atomic mass is 10.0. The summed E-state index contributed by atoms with van der Waals surface area (Å²) in [6.07, 6.45) is 0.363. The van der Waals surface area contributed by atoms with Gasteiger partial charge in [-0.05, 0) is 24.1 Å². The minimum absolute atomic E-state index is 0.0260. The lowest BCUT2D eigenvalue weighted by Gasteiger charge is -2.33. The van der Waals surface area contributed by atoms with Crippen molar-refractivity contribution in [2.24, 2.45) is 0 Å². The summed E-state index contributed by atoms with van der Waals surface area (Å²) < 4.78 is 38.5. The highest BCUT2D eigenvalue weighted by atomic mass is 32.2. The van der Waals surface area contributed by atoms with Crippen LogP contribution in [0.25, 0.3) is 0 Å². The summed E-state index contributed by atoms with van der Waals surface area (Å²) in [5.41, 5.74) is 2.81. The lowest BCUT2D eigenvalue weighted by molar-refractivity contribution is -0.0307. The molecule has 0 radical (unpaired) electrons. The minimum Gasteiger partial charge on any atom is -0.375 e. The largest absolute Gasteiger partial charge is 0.375 e. The van der Waals surface area contributed by atoms with Gasteiger partial charge in [-0.1, -0.05) is 48.0 Å². The third-order valence-corrected chi connectivity index (χ3v) is 5.37. The molecule has 1 aliphatic rings. The maximum atomic E-state index is 11.6. The standard InChI is InChI=1S/C19H23NO4S/c1-15-7-8-19(25(21,22)23)17(11-15)12-18-14-20(9-10-24-18)13-16-5-3-2-4-6-16/h2-8,11,18H,9-10,12-14H2,1H3,(H,21,22,23)/t18-/m0/s1. The molecule has 0 bridgehead atoms. The quantitative estimate of drug-likeness (QED) is 0.830. The number of hydrogen-bond acceptors (Lipinski definition) is 4. The summed E-state index contributed by atoms with van der Waals surface area (Å²) in [5.74, 6) is 0. The van der Waals surface area contributed by atoms with Crippen LogP contribution in [0.5, 0.6) is 0 Å². The Morgan fingerprint density at radius 2 is 1.96 bits per heavy atom. The SMILES string of the molecule is Cc1ccc(S(=O)(=O)O)c(C[C@H]2CN(Cc3ccccc3)CCO2)c1. The van der Waals surface area contributed by atoms with Crippen LogP contribution in [0, 0.1) is 6.92 Å². The molecule has 1 aliphatic heterocycles. The molecular weight excluding hydrogens is 338 g/mol. The molecule has 0 unspecified atom stereocenters. The maximum Gasteiger partial charge on any atom is 0.294 e. The molecule has 0 amide bonds. The Balaban J connectivity index is 1.72. The molecule has 134 valence electrons. The number of nitrogens with zero attached hydrogens (tertiary/aromatic N) is 1. The molecule has 1 fully saturated rings. The van der Waals surface area contributed by atoms with Gasteiger partial charge in [0.15, 0.2) is 0 Å². The molecule has 1 heterocycles. The van der Waals surface area contributed by atoms with Crippen molar-refractivity contribution in [2.75, 3.05) is 19.7 Å². The summed E-state index contributed by atoms with van der Waals surface area (Å²) in [4.78, 5) is 2.29. The van der Waals surface area contributed by atoms with Crippen molar-refractivity contribution >= 4 is 10.1 Å². The van der Waals surface area contributed by atoms with E-state index < -0.39 is 10.1 Å². The number of benzene rings is 2. The van der Waals surface area contributed by atoms with Crippen LogP contribution < -0.4 is 0 Å². The number of hydrogen-bond donors (Lipinski definition) is 1. The number of aryl methyl sites for hydroxylation is 1. The highest BCUT2D eigenvalue weighted by Gasteiger charge is 2.24. The van der Waals surface area contributed by atoms with Gasteiger partial charge in [-0.3, -0.25) is 9.45 Å². The van der Waals surface area contributed by atoms with Gasteiger partial charge in [-0.2, -0.15) is 8.42 Å². The smallest absolute Gasteiger partial charge is 0.294 e. The highest BCUT2D eigenvalue weighted by molar-refractivity contribution is 7.85. The third-order valence-electron chi connectivity index (χ3n) is 4.41. The molecule has 1 atom stereocenters. The Hall–Kier alpha value is -1.73. The van der Waals surface area contributed by atoms with Gasteiger partial charge in [-0.15, -0.1) is 0 Å². The highest BCUT2D eigenvalue weighted by Crippen LogP contribution is 2.21. The van der Waals surface area contributed by atoms with Crippen LogP contribution in [0.2, 0.25) is 0 Å². The second-order valence-corrected chi connectivity index (χ2v) is 7.89. The van der Waals surface area contributed by atoms with Gasteiger partial charge in [0.25, 0.3) is 10.1 Å². The second-order valence-electron chi connectivity index (χ2n) is 6.50. The molecule has 2 aromatic carbocycles. The van der Waals surface area contributed by atoms with Crippen LogP contribution in [-0.4, -0.2) is 43.7 Å². The average Bonchev–Trinajstić information content (AvgIpc) is 2.55. The zero-order valence-corrected chi connectivity index (χ0v) is 15.1. The Labute approximate surface area is 149 Å². The van der Waals surface area contributed by atoms with E-state index in [2.05, 4.69) is 17.0 Å². The summed E-state index contributed by atoms with van der Waals surface area (Å²) in [6.45, 7) is 4.95. The van der Waals surface area contributed by atoms with E-state index in [1.807, 2.05) is 31.2 Å². The molecule has 2 aromatic rings. The molecule has 6 heteroatoms. The van der Waals surface area contributed by atoms with Gasteiger partial charge in [0, 0.05) is 26.1 Å². The normalized spacial score (nSPS) is 19.0. The van der Waals surface area contributed by atoms with Crippen molar-refractivity contribution in [3.05, 3.63) is 65.2 Å². The molecular formula is C19H23NO4S. The maximum absolute atomic E-state index is 11.6. The Morgan fingerprint density at radius 3 is 2.68 bits per heavy atom. The molecule has 0 saturated carbocycles. The van der Waals surface area contributed by atoms with Gasteiger partial charge >= 0.3 is 0 Å². The van der Waals surface area contributed by atoms with Crippen molar-refractivity contribution in [2.45, 2.75) is 30.9 Å². The zero-order valence-electron chi connectivity index (χ0n) is 14.3. The zero-order chi connectivity index (χ0) is 17.9. The van der Waals surface area contributed by atoms with Crippen molar-refractivity contribution in [3.63, 3.8) is 0 Å². The van der Waals surface area contributed by atoms with E-state index in [0.717, 1.165) is 25.2 Å². The van der Waals surface area contributed by atoms with Gasteiger partial charge in [0.05, 0.1) is 17.6 Å². The lowest BCUT2D eigenvalue weighted by Crippen LogP contribution is -2.43. The second kappa shape index (κ2) is 7.66. The first-order valence-corrected chi connectivity index (χ1v) is 9.81. The van der Waals surface area contributed by atoms with E-state index in [1.165, 1.54) is 11.6 Å². The topological polar surface area (TPSA) is 66.8 Å². The van der Waals surface area contributed by atoms with Crippen LogP contribution in [0.4, 0.5) is 0 Å². The first kappa shape index (κ1) is 18.1. The van der Waals surface area contributed by atoms with Crippen LogP contribution >= 0.6 is 0 Å². The summed E-state index contributed by atoms with van der Waals surface area (Å²) in [7, 11) is -4.23. The van der Waals surface area contributed by atoms with Crippen molar-refractivity contribution in [1.82, 2.24) is 4.90 Å². The van der Waals surface area contributed by atoms with E-state index >= 15 is 0 Å². The minimum atomic E-state index is -4.23. The fraction of sp³-hybridized carbons (Fsp3) is 0.368. The van der Waals surface area contributed by atoms with Crippen LogP contribution in [0.1, 0.15) is 16.7 Å². The van der Waals surface area contributed by atoms with E-state index in [-0.39, 0.29) is 11.0 Å². The van der Waals surface area contributed by atoms with E-state index in [9.17, 15) is 13.0 Å². The molecule has 1 N–H and O–H groups in total. The molecule has 25 heavy (non-hydrogen) atoms. The van der Waals surface area contributed by atoms with Gasteiger partial charge in [0.1, 0.15) is 0 Å². The molecule has 3 rings (SSSR count). The Kier molecular flexibility index (Phi) is 5.54. The summed E-state index contributed by atoms with van der Waals surface area (Å²) >= 11 is 0. The number of rotatable bonds is 5. The predicted molar refractivity (Wildman–Crippen MR) is 96.2 cm³/mol. The molecule has 5 nitrogen and oxygen atoms in total. The van der Waals surface area contributed by atoms with Crippen LogP contribution in [0.15, 0.2) is 53.4 Å². The van der Waals surface area contributed by atoms with Crippen LogP contribution in [0.3, 0.4) is 0 Å². The summed E-state index contributed by atoms with van der Waals surface area (Å²) in [6, 6.07) is 15.2. The van der Waals surface area contributed by atoms with Gasteiger partial charge in [0.2, 0.25) is 0 Å². The first-order chi connectivity index (χ1) is 11.9. The van der Waals surface area contributed by atoms with Crippen LogP contribution in [-0.2, 0) is 27.8 Å². The van der Waals surface area contributed by atoms with Gasteiger partial charge < -0.3 is 4.74 Å². The van der Waals surface area contributed by atoms with Crippen molar-refractivity contribution < 1.29 is 17.7 Å². The van der Waals surface area contributed by atoms with E-state index in [1.54, 1.807) is 6.07 Å². The van der Waals surface area contributed by atoms with E-state index in [4.69, 9.17) is 4.74 Å². The third kappa shape index (κ3) is 4.89. The molecule has 0 spiro atoms. The first-order valence-electron chi connectivity index (χ1n) is 8.37. The monoisotopic (exact) mass is 361 g/mol. The Morgan fingerprint density at radius 1 is 1.20 bits per heavy atom. The average molecular weight is 361 g/mol. The number of morpholine rings is 1. The predicted octanol–water partition coefficient (Wildman–Crippen LogP) is 2.69. The number of ether oxygens (including phenoxy) is 1. The van der Waals surface area contributed by atoms with Crippen molar-refractivity contribution in [1.29, 1.82) is 0 Å².